The van der Waals surface area contributed by atoms with Gasteiger partial charge in [0, 0.05) is 6.66 Å². The SMILES string of the molecule is CCOP(C)(=O)C(C)c1ccc(C#N)cc1. The highest BCUT2D eigenvalue weighted by atomic mass is 31.2. The molecule has 1 rings (SSSR count). The summed E-state index contributed by atoms with van der Waals surface area (Å²) in [7, 11) is -2.61. The minimum Gasteiger partial charge on any atom is -0.329 e. The molecule has 0 N–H and O–H groups in total. The first-order chi connectivity index (χ1) is 7.51. The molecule has 2 atom stereocenters. The molecule has 0 fully saturated rings. The van der Waals surface area contributed by atoms with Crippen LogP contribution in [0.15, 0.2) is 24.3 Å². The summed E-state index contributed by atoms with van der Waals surface area (Å²) < 4.78 is 17.5. The topological polar surface area (TPSA) is 50.1 Å². The molecule has 0 aromatic heterocycles. The van der Waals surface area contributed by atoms with Gasteiger partial charge in [-0.25, -0.2) is 0 Å². The molecular weight excluding hydrogens is 221 g/mol. The quantitative estimate of drug-likeness (QED) is 0.752. The molecule has 4 heteroatoms. The molecule has 86 valence electrons. The number of nitriles is 1. The fraction of sp³-hybridized carbons (Fsp3) is 0.417. The van der Waals surface area contributed by atoms with Crippen LogP contribution in [0.25, 0.3) is 0 Å². The van der Waals surface area contributed by atoms with Crippen LogP contribution < -0.4 is 0 Å². The van der Waals surface area contributed by atoms with Crippen molar-refractivity contribution < 1.29 is 9.09 Å². The Kier molecular flexibility index (Phi) is 4.29. The number of rotatable bonds is 4. The van der Waals surface area contributed by atoms with Crippen LogP contribution in [0.4, 0.5) is 0 Å². The molecule has 0 amide bonds. The van der Waals surface area contributed by atoms with E-state index in [1.165, 1.54) is 0 Å². The van der Waals surface area contributed by atoms with Gasteiger partial charge in [0.1, 0.15) is 0 Å². The van der Waals surface area contributed by atoms with Gasteiger partial charge in [0.2, 0.25) is 7.37 Å². The Morgan fingerprint density at radius 3 is 2.44 bits per heavy atom. The summed E-state index contributed by atoms with van der Waals surface area (Å²) in [5.41, 5.74) is 1.41. The molecule has 0 saturated heterocycles. The van der Waals surface area contributed by atoms with Crippen molar-refractivity contribution in [1.82, 2.24) is 0 Å². The van der Waals surface area contributed by atoms with Crippen molar-refractivity contribution in [3.63, 3.8) is 0 Å². The highest BCUT2D eigenvalue weighted by Crippen LogP contribution is 2.56. The van der Waals surface area contributed by atoms with Crippen molar-refractivity contribution in [2.24, 2.45) is 0 Å². The predicted octanol–water partition coefficient (Wildman–Crippen LogP) is 3.56. The molecule has 0 aliphatic heterocycles. The first-order valence-electron chi connectivity index (χ1n) is 5.23. The van der Waals surface area contributed by atoms with Gasteiger partial charge in [-0.2, -0.15) is 5.26 Å². The van der Waals surface area contributed by atoms with Crippen LogP contribution in [0, 0.1) is 11.3 Å². The molecule has 0 aliphatic carbocycles. The Morgan fingerprint density at radius 2 is 2.00 bits per heavy atom. The maximum absolute atomic E-state index is 12.2. The third-order valence-corrected chi connectivity index (χ3v) is 5.09. The number of nitrogens with zero attached hydrogens (tertiary/aromatic N) is 1. The van der Waals surface area contributed by atoms with Gasteiger partial charge in [0.15, 0.2) is 0 Å². The van der Waals surface area contributed by atoms with Gasteiger partial charge < -0.3 is 4.52 Å². The molecule has 1 aromatic rings. The number of benzene rings is 1. The van der Waals surface area contributed by atoms with Gasteiger partial charge in [0.25, 0.3) is 0 Å². The number of hydrogen-bond donors (Lipinski definition) is 0. The Hall–Kier alpha value is -1.10. The molecule has 0 radical (unpaired) electrons. The first-order valence-corrected chi connectivity index (χ1v) is 7.37. The fourth-order valence-electron chi connectivity index (χ4n) is 1.48. The molecule has 0 bridgehead atoms. The van der Waals surface area contributed by atoms with E-state index >= 15 is 0 Å². The van der Waals surface area contributed by atoms with Crippen LogP contribution in [-0.4, -0.2) is 13.3 Å². The van der Waals surface area contributed by atoms with Crippen molar-refractivity contribution in [3.8, 4) is 6.07 Å². The van der Waals surface area contributed by atoms with E-state index in [1.54, 1.807) is 18.8 Å². The van der Waals surface area contributed by atoms with Crippen LogP contribution >= 0.6 is 7.37 Å². The predicted molar refractivity (Wildman–Crippen MR) is 64.7 cm³/mol. The summed E-state index contributed by atoms with van der Waals surface area (Å²) in [5, 5.41) is 8.68. The summed E-state index contributed by atoms with van der Waals surface area (Å²) in [6.45, 7) is 5.83. The largest absolute Gasteiger partial charge is 0.329 e. The van der Waals surface area contributed by atoms with Crippen LogP contribution in [0.1, 0.15) is 30.6 Å². The van der Waals surface area contributed by atoms with E-state index in [2.05, 4.69) is 6.07 Å². The van der Waals surface area contributed by atoms with Crippen LogP contribution in [0.3, 0.4) is 0 Å². The summed E-state index contributed by atoms with van der Waals surface area (Å²) in [4.78, 5) is 0. The zero-order valence-electron chi connectivity index (χ0n) is 9.80. The maximum atomic E-state index is 12.2. The highest BCUT2D eigenvalue weighted by molar-refractivity contribution is 7.58. The summed E-state index contributed by atoms with van der Waals surface area (Å²) in [6, 6.07) is 9.19. The van der Waals surface area contributed by atoms with Gasteiger partial charge in [-0.1, -0.05) is 12.1 Å². The second kappa shape index (κ2) is 5.30. The fourth-order valence-corrected chi connectivity index (χ4v) is 2.93. The smallest absolute Gasteiger partial charge is 0.207 e. The monoisotopic (exact) mass is 237 g/mol. The highest BCUT2D eigenvalue weighted by Gasteiger charge is 2.25. The molecular formula is C12H16NO2P. The Labute approximate surface area is 96.5 Å². The molecule has 0 spiro atoms. The average molecular weight is 237 g/mol. The van der Waals surface area contributed by atoms with E-state index in [-0.39, 0.29) is 5.66 Å². The molecule has 0 aliphatic rings. The van der Waals surface area contributed by atoms with Crippen molar-refractivity contribution in [1.29, 1.82) is 5.26 Å². The lowest BCUT2D eigenvalue weighted by molar-refractivity contribution is 0.331. The zero-order chi connectivity index (χ0) is 12.2. The maximum Gasteiger partial charge on any atom is 0.207 e. The van der Waals surface area contributed by atoms with Crippen molar-refractivity contribution >= 4 is 7.37 Å². The standard InChI is InChI=1S/C12H16NO2P/c1-4-15-16(3,14)10(2)12-7-5-11(9-13)6-8-12/h5-8,10H,4H2,1-3H3. The van der Waals surface area contributed by atoms with Crippen molar-refractivity contribution in [2.45, 2.75) is 19.5 Å². The average Bonchev–Trinajstić information content (AvgIpc) is 2.28. The van der Waals surface area contributed by atoms with Crippen LogP contribution in [0.2, 0.25) is 0 Å². The van der Waals surface area contributed by atoms with Crippen LogP contribution in [-0.2, 0) is 9.09 Å². The van der Waals surface area contributed by atoms with E-state index in [9.17, 15) is 4.57 Å². The Balaban J connectivity index is 2.92. The van der Waals surface area contributed by atoms with Gasteiger partial charge in [-0.05, 0) is 31.5 Å². The molecule has 0 heterocycles. The summed E-state index contributed by atoms with van der Waals surface area (Å²) in [6.07, 6.45) is 0. The van der Waals surface area contributed by atoms with Crippen molar-refractivity contribution in [3.05, 3.63) is 35.4 Å². The van der Waals surface area contributed by atoms with Crippen LogP contribution in [0.5, 0.6) is 0 Å². The second-order valence-electron chi connectivity index (χ2n) is 3.74. The molecule has 16 heavy (non-hydrogen) atoms. The zero-order valence-corrected chi connectivity index (χ0v) is 10.7. The Bertz CT molecular complexity index is 433. The lowest BCUT2D eigenvalue weighted by atomic mass is 10.1. The molecule has 0 saturated carbocycles. The lowest BCUT2D eigenvalue weighted by Crippen LogP contribution is -1.98. The normalized spacial score (nSPS) is 16.1. The summed E-state index contributed by atoms with van der Waals surface area (Å²) >= 11 is 0. The van der Waals surface area contributed by atoms with E-state index in [4.69, 9.17) is 9.79 Å². The van der Waals surface area contributed by atoms with E-state index < -0.39 is 7.37 Å². The van der Waals surface area contributed by atoms with E-state index in [0.29, 0.717) is 12.2 Å². The summed E-state index contributed by atoms with van der Waals surface area (Å²) in [5.74, 6) is 0. The Morgan fingerprint density at radius 1 is 1.44 bits per heavy atom. The van der Waals surface area contributed by atoms with Gasteiger partial charge in [0.05, 0.1) is 23.9 Å². The minimum atomic E-state index is -2.61. The van der Waals surface area contributed by atoms with Gasteiger partial charge in [-0.15, -0.1) is 0 Å². The lowest BCUT2D eigenvalue weighted by Gasteiger charge is -2.20. The third-order valence-electron chi connectivity index (χ3n) is 2.61. The van der Waals surface area contributed by atoms with Gasteiger partial charge in [-0.3, -0.25) is 4.57 Å². The van der Waals surface area contributed by atoms with E-state index in [1.807, 2.05) is 26.0 Å². The third kappa shape index (κ3) is 2.95. The molecule has 2 unspecified atom stereocenters. The molecule has 3 nitrogen and oxygen atoms in total. The second-order valence-corrected chi connectivity index (χ2v) is 6.59. The van der Waals surface area contributed by atoms with Gasteiger partial charge >= 0.3 is 0 Å². The molecule has 1 aromatic carbocycles. The first kappa shape index (κ1) is 13.0. The number of hydrogen-bond acceptors (Lipinski definition) is 3. The van der Waals surface area contributed by atoms with Crippen molar-refractivity contribution in [2.75, 3.05) is 13.3 Å². The van der Waals surface area contributed by atoms with E-state index in [0.717, 1.165) is 5.56 Å². The minimum absolute atomic E-state index is 0.139.